The summed E-state index contributed by atoms with van der Waals surface area (Å²) in [6.45, 7) is 2.73. The fourth-order valence-electron chi connectivity index (χ4n) is 1.89. The van der Waals surface area contributed by atoms with Gasteiger partial charge in [-0.25, -0.2) is 0 Å². The van der Waals surface area contributed by atoms with E-state index in [1.54, 1.807) is 7.11 Å². The summed E-state index contributed by atoms with van der Waals surface area (Å²) in [5.74, 6) is 1.49. The van der Waals surface area contributed by atoms with Crippen molar-refractivity contribution < 1.29 is 19.3 Å². The Bertz CT molecular complexity index is 372. The van der Waals surface area contributed by atoms with E-state index in [1.807, 2.05) is 24.3 Å². The van der Waals surface area contributed by atoms with Crippen molar-refractivity contribution in [3.63, 3.8) is 0 Å². The number of nitrogens with zero attached hydrogens (tertiary/aromatic N) is 1. The summed E-state index contributed by atoms with van der Waals surface area (Å²) in [7, 11) is 1.63. The maximum absolute atomic E-state index is 8.96. The fraction of sp³-hybridized carbons (Fsp3) is 0.538. The van der Waals surface area contributed by atoms with Gasteiger partial charge in [0.05, 0.1) is 26.6 Å². The minimum atomic E-state index is -0.0590. The third-order valence-corrected chi connectivity index (χ3v) is 2.89. The number of para-hydroxylation sites is 2. The van der Waals surface area contributed by atoms with Crippen LogP contribution in [0.1, 0.15) is 0 Å². The van der Waals surface area contributed by atoms with Crippen molar-refractivity contribution >= 4 is 0 Å². The second kappa shape index (κ2) is 6.58. The molecule has 0 aliphatic carbocycles. The first-order chi connectivity index (χ1) is 8.83. The van der Waals surface area contributed by atoms with Gasteiger partial charge in [0.2, 0.25) is 0 Å². The third kappa shape index (κ3) is 3.35. The van der Waals surface area contributed by atoms with Crippen LogP contribution in [0.3, 0.4) is 0 Å². The van der Waals surface area contributed by atoms with E-state index in [4.69, 9.17) is 19.3 Å². The predicted octanol–water partition coefficient (Wildman–Crippen LogP) is 0.725. The molecule has 0 unspecified atom stereocenters. The molecule has 18 heavy (non-hydrogen) atoms. The highest BCUT2D eigenvalue weighted by Gasteiger charge is 2.21. The number of hydrogen-bond donors (Lipinski definition) is 1. The van der Waals surface area contributed by atoms with Crippen LogP contribution < -0.4 is 9.47 Å². The minimum absolute atomic E-state index is 0.0590. The van der Waals surface area contributed by atoms with Crippen LogP contribution in [0.5, 0.6) is 11.5 Å². The number of aliphatic hydroxyl groups is 1. The van der Waals surface area contributed by atoms with E-state index in [-0.39, 0.29) is 12.7 Å². The van der Waals surface area contributed by atoms with Gasteiger partial charge in [0.15, 0.2) is 11.5 Å². The highest BCUT2D eigenvalue weighted by atomic mass is 16.5. The predicted molar refractivity (Wildman–Crippen MR) is 66.9 cm³/mol. The molecule has 1 aliphatic heterocycles. The Morgan fingerprint density at radius 1 is 1.39 bits per heavy atom. The molecule has 0 aromatic heterocycles. The Hall–Kier alpha value is -1.30. The summed E-state index contributed by atoms with van der Waals surface area (Å²) in [6, 6.07) is 7.58. The number of hydrogen-bond acceptors (Lipinski definition) is 5. The molecule has 1 aromatic rings. The van der Waals surface area contributed by atoms with Crippen LogP contribution in [0.4, 0.5) is 0 Å². The summed E-state index contributed by atoms with van der Waals surface area (Å²) in [5.41, 5.74) is 0. The molecule has 0 spiro atoms. The van der Waals surface area contributed by atoms with E-state index >= 15 is 0 Å². The summed E-state index contributed by atoms with van der Waals surface area (Å²) >= 11 is 0. The first-order valence-electron chi connectivity index (χ1n) is 6.04. The van der Waals surface area contributed by atoms with Crippen molar-refractivity contribution in [2.24, 2.45) is 0 Å². The summed E-state index contributed by atoms with van der Waals surface area (Å²) in [4.78, 5) is 2.11. The van der Waals surface area contributed by atoms with Crippen molar-refractivity contribution in [1.82, 2.24) is 4.90 Å². The molecule has 1 aromatic carbocycles. The molecular formula is C13H19NO4. The smallest absolute Gasteiger partial charge is 0.161 e. The van der Waals surface area contributed by atoms with Gasteiger partial charge in [0.1, 0.15) is 6.61 Å². The summed E-state index contributed by atoms with van der Waals surface area (Å²) in [6.07, 6.45) is -0.0590. The van der Waals surface area contributed by atoms with Gasteiger partial charge in [-0.1, -0.05) is 12.1 Å². The highest BCUT2D eigenvalue weighted by Crippen LogP contribution is 2.25. The Labute approximate surface area is 107 Å². The summed E-state index contributed by atoms with van der Waals surface area (Å²) < 4.78 is 16.2. The average Bonchev–Trinajstić information content (AvgIpc) is 2.87. The van der Waals surface area contributed by atoms with Gasteiger partial charge in [-0.05, 0) is 12.1 Å². The molecule has 1 atom stereocenters. The van der Waals surface area contributed by atoms with Crippen LogP contribution in [0.25, 0.3) is 0 Å². The molecule has 0 amide bonds. The molecule has 5 nitrogen and oxygen atoms in total. The fourth-order valence-corrected chi connectivity index (χ4v) is 1.89. The van der Waals surface area contributed by atoms with Gasteiger partial charge < -0.3 is 19.3 Å². The molecule has 1 saturated heterocycles. The van der Waals surface area contributed by atoms with Crippen LogP contribution in [-0.4, -0.2) is 56.3 Å². The van der Waals surface area contributed by atoms with Crippen molar-refractivity contribution in [3.05, 3.63) is 24.3 Å². The maximum Gasteiger partial charge on any atom is 0.161 e. The first-order valence-corrected chi connectivity index (χ1v) is 6.04. The monoisotopic (exact) mass is 253 g/mol. The SMILES string of the molecule is COc1ccccc1OCCN1CO[C@@H](CO)C1. The van der Waals surface area contributed by atoms with Crippen molar-refractivity contribution in [2.75, 3.05) is 40.1 Å². The Kier molecular flexibility index (Phi) is 4.81. The standard InChI is InChI=1S/C13H19NO4/c1-16-12-4-2-3-5-13(12)17-7-6-14-8-11(9-15)18-10-14/h2-5,11,15H,6-10H2,1H3/t11-/m1/s1. The number of ether oxygens (including phenoxy) is 3. The van der Waals surface area contributed by atoms with E-state index in [1.165, 1.54) is 0 Å². The lowest BCUT2D eigenvalue weighted by Gasteiger charge is -2.15. The Morgan fingerprint density at radius 3 is 2.83 bits per heavy atom. The molecule has 1 aliphatic rings. The molecule has 5 heteroatoms. The van der Waals surface area contributed by atoms with E-state index < -0.39 is 0 Å². The van der Waals surface area contributed by atoms with Gasteiger partial charge in [0.25, 0.3) is 0 Å². The first kappa shape index (κ1) is 13.1. The molecule has 0 bridgehead atoms. The zero-order valence-corrected chi connectivity index (χ0v) is 10.5. The molecule has 1 N–H and O–H groups in total. The summed E-state index contributed by atoms with van der Waals surface area (Å²) in [5, 5.41) is 8.96. The van der Waals surface area contributed by atoms with Gasteiger partial charge in [-0.15, -0.1) is 0 Å². The number of benzene rings is 1. The highest BCUT2D eigenvalue weighted by molar-refractivity contribution is 5.39. The zero-order chi connectivity index (χ0) is 12.8. The molecule has 2 rings (SSSR count). The topological polar surface area (TPSA) is 51.2 Å². The van der Waals surface area contributed by atoms with Gasteiger partial charge >= 0.3 is 0 Å². The van der Waals surface area contributed by atoms with Crippen LogP contribution in [-0.2, 0) is 4.74 Å². The zero-order valence-electron chi connectivity index (χ0n) is 10.5. The van der Waals surface area contributed by atoms with Gasteiger partial charge in [0, 0.05) is 13.1 Å². The van der Waals surface area contributed by atoms with Crippen LogP contribution in [0.2, 0.25) is 0 Å². The second-order valence-corrected chi connectivity index (χ2v) is 4.18. The average molecular weight is 253 g/mol. The van der Waals surface area contributed by atoms with Gasteiger partial charge in [-0.2, -0.15) is 0 Å². The largest absolute Gasteiger partial charge is 0.493 e. The lowest BCUT2D eigenvalue weighted by Crippen LogP contribution is -2.28. The van der Waals surface area contributed by atoms with Crippen molar-refractivity contribution in [2.45, 2.75) is 6.10 Å². The molecule has 100 valence electrons. The minimum Gasteiger partial charge on any atom is -0.493 e. The van der Waals surface area contributed by atoms with E-state index in [9.17, 15) is 0 Å². The molecule has 0 saturated carbocycles. The lowest BCUT2D eigenvalue weighted by molar-refractivity contribution is 0.0506. The normalized spacial score (nSPS) is 20.0. The maximum atomic E-state index is 8.96. The van der Waals surface area contributed by atoms with Crippen LogP contribution in [0.15, 0.2) is 24.3 Å². The van der Waals surface area contributed by atoms with Crippen molar-refractivity contribution in [1.29, 1.82) is 0 Å². The van der Waals surface area contributed by atoms with E-state index in [2.05, 4.69) is 4.90 Å². The molecule has 0 radical (unpaired) electrons. The Morgan fingerprint density at radius 2 is 2.17 bits per heavy atom. The van der Waals surface area contributed by atoms with Crippen LogP contribution >= 0.6 is 0 Å². The number of rotatable bonds is 6. The molecule has 1 heterocycles. The van der Waals surface area contributed by atoms with E-state index in [0.717, 1.165) is 24.6 Å². The van der Waals surface area contributed by atoms with E-state index in [0.29, 0.717) is 13.3 Å². The Balaban J connectivity index is 1.75. The molecule has 1 fully saturated rings. The van der Waals surface area contributed by atoms with Crippen LogP contribution in [0, 0.1) is 0 Å². The van der Waals surface area contributed by atoms with Crippen molar-refractivity contribution in [3.8, 4) is 11.5 Å². The number of aliphatic hydroxyl groups excluding tert-OH is 1. The van der Waals surface area contributed by atoms with Gasteiger partial charge in [-0.3, -0.25) is 4.90 Å². The number of methoxy groups -OCH3 is 1. The molecular weight excluding hydrogens is 234 g/mol. The second-order valence-electron chi connectivity index (χ2n) is 4.18. The third-order valence-electron chi connectivity index (χ3n) is 2.89. The lowest BCUT2D eigenvalue weighted by atomic mass is 10.3. The quantitative estimate of drug-likeness (QED) is 0.809.